The van der Waals surface area contributed by atoms with Gasteiger partial charge in [0.2, 0.25) is 11.8 Å². The number of carbonyl (C=O) groups is 2. The molecule has 0 aromatic heterocycles. The quantitative estimate of drug-likeness (QED) is 0.334. The summed E-state index contributed by atoms with van der Waals surface area (Å²) in [4.78, 5) is 21.5. The van der Waals surface area contributed by atoms with E-state index in [4.69, 9.17) is 0 Å². The molecule has 0 unspecified atom stereocenters. The molecule has 0 aromatic rings. The topological polar surface area (TPSA) is 93.2 Å². The van der Waals surface area contributed by atoms with Crippen molar-refractivity contribution in [3.8, 4) is 0 Å². The van der Waals surface area contributed by atoms with Crippen LogP contribution in [-0.4, -0.2) is 36.4 Å². The molecule has 0 atom stereocenters. The van der Waals surface area contributed by atoms with Crippen LogP contribution in [-0.2, 0) is 9.59 Å². The Morgan fingerprint density at radius 1 is 0.941 bits per heavy atom. The molecule has 0 saturated carbocycles. The van der Waals surface area contributed by atoms with Gasteiger partial charge in [-0.25, -0.2) is 0 Å². The van der Waals surface area contributed by atoms with E-state index in [1.807, 2.05) is 0 Å². The average molecular weight is 277 g/mol. The van der Waals surface area contributed by atoms with Crippen molar-refractivity contribution in [1.82, 2.24) is 16.8 Å². The van der Waals surface area contributed by atoms with E-state index in [1.165, 1.54) is 12.2 Å². The Balaban J connectivity index is 0. The van der Waals surface area contributed by atoms with Gasteiger partial charge < -0.3 is 16.8 Å². The van der Waals surface area contributed by atoms with Crippen molar-refractivity contribution in [2.45, 2.75) is 0 Å². The molecule has 7 heteroatoms. The Labute approximate surface area is 110 Å². The Morgan fingerprint density at radius 3 is 1.59 bits per heavy atom. The molecule has 0 saturated heterocycles. The summed E-state index contributed by atoms with van der Waals surface area (Å²) in [5.74, 6) is 1.37. The van der Waals surface area contributed by atoms with Crippen LogP contribution in [0.5, 0.6) is 0 Å². The zero-order chi connectivity index (χ0) is 12.2. The lowest BCUT2D eigenvalue weighted by atomic mass is 10.6. The first-order valence-electron chi connectivity index (χ1n) is 4.75. The molecule has 5 nitrogen and oxygen atoms in total. The molecule has 0 aliphatic rings. The van der Waals surface area contributed by atoms with Crippen LogP contribution in [0.3, 0.4) is 0 Å². The number of hydrogen-bond donors (Lipinski definition) is 3. The van der Waals surface area contributed by atoms with Crippen molar-refractivity contribution < 1.29 is 9.59 Å². The van der Waals surface area contributed by atoms with E-state index in [2.05, 4.69) is 23.8 Å². The van der Waals surface area contributed by atoms with Crippen molar-refractivity contribution in [2.75, 3.05) is 24.6 Å². The van der Waals surface area contributed by atoms with Gasteiger partial charge in [0.25, 0.3) is 0 Å². The summed E-state index contributed by atoms with van der Waals surface area (Å²) in [6.45, 7) is 7.96. The van der Waals surface area contributed by atoms with Gasteiger partial charge in [-0.15, -0.1) is 0 Å². The standard InChI is InChI=1S/C10H16N2O2S2.H3N/c1-3-9(13)11-5-7-15-16-8-6-12-10(14)4-2;/h3-4H,1-2,5-8H2,(H,11,13)(H,12,14);1H3. The van der Waals surface area contributed by atoms with Crippen LogP contribution in [0.25, 0.3) is 0 Å². The normalized spacial score (nSPS) is 8.71. The number of rotatable bonds is 9. The highest BCUT2D eigenvalue weighted by molar-refractivity contribution is 8.76. The summed E-state index contributed by atoms with van der Waals surface area (Å²) >= 11 is 0. The first kappa shape index (κ1) is 18.4. The van der Waals surface area contributed by atoms with Crippen molar-refractivity contribution in [1.29, 1.82) is 0 Å². The second-order valence-electron chi connectivity index (χ2n) is 2.63. The molecule has 0 aliphatic heterocycles. The minimum absolute atomic E-state index is 0. The smallest absolute Gasteiger partial charge is 0.243 e. The number of carbonyl (C=O) groups excluding carboxylic acids is 2. The minimum Gasteiger partial charge on any atom is -0.352 e. The van der Waals surface area contributed by atoms with E-state index in [0.717, 1.165) is 11.5 Å². The van der Waals surface area contributed by atoms with Crippen LogP contribution in [0.4, 0.5) is 0 Å². The van der Waals surface area contributed by atoms with Gasteiger partial charge in [0.1, 0.15) is 0 Å². The molecule has 0 aromatic carbocycles. The summed E-state index contributed by atoms with van der Waals surface area (Å²) in [7, 11) is 3.31. The average Bonchev–Trinajstić information content (AvgIpc) is 2.31. The van der Waals surface area contributed by atoms with E-state index in [-0.39, 0.29) is 18.0 Å². The van der Waals surface area contributed by atoms with Crippen molar-refractivity contribution in [3.05, 3.63) is 25.3 Å². The highest BCUT2D eigenvalue weighted by atomic mass is 33.1. The minimum atomic E-state index is -0.149. The molecular weight excluding hydrogens is 258 g/mol. The van der Waals surface area contributed by atoms with Crippen LogP contribution in [0.1, 0.15) is 0 Å². The maximum absolute atomic E-state index is 10.8. The van der Waals surface area contributed by atoms with Gasteiger partial charge in [-0.2, -0.15) is 0 Å². The SMILES string of the molecule is C=CC(=O)NCCSSCCNC(=O)C=C.N. The predicted octanol–water partition coefficient (Wildman–Crippen LogP) is 1.13. The fraction of sp³-hybridized carbons (Fsp3) is 0.400. The lowest BCUT2D eigenvalue weighted by Crippen LogP contribution is -2.23. The van der Waals surface area contributed by atoms with Gasteiger partial charge in [-0.3, -0.25) is 9.59 Å². The summed E-state index contributed by atoms with van der Waals surface area (Å²) in [5, 5.41) is 5.35. The van der Waals surface area contributed by atoms with E-state index >= 15 is 0 Å². The van der Waals surface area contributed by atoms with Gasteiger partial charge in [-0.1, -0.05) is 34.7 Å². The fourth-order valence-electron chi connectivity index (χ4n) is 0.694. The van der Waals surface area contributed by atoms with Gasteiger partial charge in [0.05, 0.1) is 0 Å². The monoisotopic (exact) mass is 277 g/mol. The Hall–Kier alpha value is -0.920. The second-order valence-corrected chi connectivity index (χ2v) is 5.34. The Kier molecular flexibility index (Phi) is 14.3. The molecule has 0 spiro atoms. The summed E-state index contributed by atoms with van der Waals surface area (Å²) in [6, 6.07) is 0. The van der Waals surface area contributed by atoms with Gasteiger partial charge in [-0.05, 0) is 12.2 Å². The number of nitrogens with one attached hydrogen (secondary N) is 2. The predicted molar refractivity (Wildman–Crippen MR) is 76.4 cm³/mol. The molecule has 0 bridgehead atoms. The largest absolute Gasteiger partial charge is 0.352 e. The third-order valence-electron chi connectivity index (χ3n) is 1.42. The Morgan fingerprint density at radius 2 is 1.29 bits per heavy atom. The van der Waals surface area contributed by atoms with Crippen LogP contribution in [0.15, 0.2) is 25.3 Å². The second kappa shape index (κ2) is 13.1. The fourth-order valence-corrected chi connectivity index (χ4v) is 2.51. The third kappa shape index (κ3) is 13.0. The molecule has 0 aliphatic carbocycles. The lowest BCUT2D eigenvalue weighted by Gasteiger charge is -2.03. The lowest BCUT2D eigenvalue weighted by molar-refractivity contribution is -0.117. The number of amides is 2. The van der Waals surface area contributed by atoms with Crippen molar-refractivity contribution in [2.24, 2.45) is 0 Å². The molecule has 2 amide bonds. The summed E-state index contributed by atoms with van der Waals surface area (Å²) < 4.78 is 0. The van der Waals surface area contributed by atoms with Crippen molar-refractivity contribution >= 4 is 33.4 Å². The molecule has 0 rings (SSSR count). The van der Waals surface area contributed by atoms with E-state index in [1.54, 1.807) is 21.6 Å². The number of hydrogen-bond acceptors (Lipinski definition) is 5. The third-order valence-corrected chi connectivity index (χ3v) is 3.83. The first-order valence-corrected chi connectivity index (χ1v) is 7.24. The first-order chi connectivity index (χ1) is 7.70. The van der Waals surface area contributed by atoms with Crippen molar-refractivity contribution in [3.63, 3.8) is 0 Å². The zero-order valence-corrected chi connectivity index (χ0v) is 11.4. The summed E-state index contributed by atoms with van der Waals surface area (Å²) in [6.07, 6.45) is 2.51. The Bertz CT molecular complexity index is 234. The summed E-state index contributed by atoms with van der Waals surface area (Å²) in [5.41, 5.74) is 0. The molecule has 0 fully saturated rings. The maximum atomic E-state index is 10.8. The van der Waals surface area contributed by atoms with E-state index in [9.17, 15) is 9.59 Å². The van der Waals surface area contributed by atoms with Gasteiger partial charge >= 0.3 is 0 Å². The zero-order valence-electron chi connectivity index (χ0n) is 9.74. The molecule has 0 heterocycles. The highest BCUT2D eigenvalue weighted by Crippen LogP contribution is 2.19. The molecular formula is C10H19N3O2S2. The van der Waals surface area contributed by atoms with E-state index < -0.39 is 0 Å². The van der Waals surface area contributed by atoms with Crippen LogP contribution >= 0.6 is 21.6 Å². The molecule has 17 heavy (non-hydrogen) atoms. The van der Waals surface area contributed by atoms with Gasteiger partial charge in [0.15, 0.2) is 0 Å². The van der Waals surface area contributed by atoms with Gasteiger partial charge in [0, 0.05) is 24.6 Å². The van der Waals surface area contributed by atoms with Crippen LogP contribution < -0.4 is 16.8 Å². The van der Waals surface area contributed by atoms with Crippen LogP contribution in [0, 0.1) is 0 Å². The molecule has 98 valence electrons. The highest BCUT2D eigenvalue weighted by Gasteiger charge is 1.95. The maximum Gasteiger partial charge on any atom is 0.243 e. The van der Waals surface area contributed by atoms with Crippen LogP contribution in [0.2, 0.25) is 0 Å². The van der Waals surface area contributed by atoms with E-state index in [0.29, 0.717) is 13.1 Å². The molecule has 0 radical (unpaired) electrons. The molecule has 5 N–H and O–H groups in total.